The summed E-state index contributed by atoms with van der Waals surface area (Å²) in [7, 11) is 0. The van der Waals surface area contributed by atoms with Gasteiger partial charge in [-0.3, -0.25) is 14.6 Å². The Balaban J connectivity index is 2.10. The van der Waals surface area contributed by atoms with Gasteiger partial charge in [-0.1, -0.05) is 30.3 Å². The molecule has 1 aromatic rings. The van der Waals surface area contributed by atoms with Crippen LogP contribution in [0.25, 0.3) is 0 Å². The number of ether oxygens (including phenoxy) is 2. The van der Waals surface area contributed by atoms with Crippen molar-refractivity contribution in [1.82, 2.24) is 0 Å². The van der Waals surface area contributed by atoms with Gasteiger partial charge in [-0.05, 0) is 5.56 Å². The van der Waals surface area contributed by atoms with Crippen LogP contribution in [0.4, 0.5) is 0 Å². The van der Waals surface area contributed by atoms with Crippen molar-refractivity contribution in [3.63, 3.8) is 0 Å². The van der Waals surface area contributed by atoms with E-state index in [1.165, 1.54) is 13.8 Å². The molecule has 7 nitrogen and oxygen atoms in total. The van der Waals surface area contributed by atoms with Crippen molar-refractivity contribution < 1.29 is 29.0 Å². The van der Waals surface area contributed by atoms with Gasteiger partial charge >= 0.3 is 17.9 Å². The Morgan fingerprint density at radius 2 is 1.83 bits per heavy atom. The molecule has 0 radical (unpaired) electrons. The number of carbonyl (C=O) groups excluding carboxylic acids is 2. The monoisotopic (exact) mass is 319 g/mol. The molecule has 0 bridgehead atoms. The topological polar surface area (TPSA) is 102 Å². The lowest BCUT2D eigenvalue weighted by Gasteiger charge is -2.31. The van der Waals surface area contributed by atoms with E-state index in [2.05, 4.69) is 4.99 Å². The van der Waals surface area contributed by atoms with Crippen LogP contribution < -0.4 is 0 Å². The minimum absolute atomic E-state index is 0.148. The number of carbonyl (C=O) groups is 3. The summed E-state index contributed by atoms with van der Waals surface area (Å²) in [6, 6.07) is 7.84. The Labute approximate surface area is 132 Å². The Morgan fingerprint density at radius 1 is 1.26 bits per heavy atom. The first-order chi connectivity index (χ1) is 10.8. The van der Waals surface area contributed by atoms with Crippen LogP contribution in [0.3, 0.4) is 0 Å². The van der Waals surface area contributed by atoms with E-state index in [-0.39, 0.29) is 6.42 Å². The summed E-state index contributed by atoms with van der Waals surface area (Å²) in [6.45, 7) is 2.87. The highest BCUT2D eigenvalue weighted by atomic mass is 16.7. The molecule has 1 N–H and O–H groups in total. The van der Waals surface area contributed by atoms with Gasteiger partial charge in [0, 0.05) is 26.5 Å². The van der Waals surface area contributed by atoms with Gasteiger partial charge in [-0.25, -0.2) is 4.79 Å². The van der Waals surface area contributed by atoms with Gasteiger partial charge in [0.2, 0.25) is 0 Å². The van der Waals surface area contributed by atoms with Crippen LogP contribution in [0.15, 0.2) is 35.3 Å². The SMILES string of the molecule is CC1(C)OC(=O)C(C=N[C@@H](Cc2ccccc2)C(=O)O)C(=O)O1. The Morgan fingerprint density at radius 3 is 2.35 bits per heavy atom. The minimum Gasteiger partial charge on any atom is -0.480 e. The third-order valence-corrected chi connectivity index (χ3v) is 3.17. The highest BCUT2D eigenvalue weighted by molar-refractivity contribution is 6.10. The largest absolute Gasteiger partial charge is 0.480 e. The Bertz CT molecular complexity index is 617. The zero-order valence-corrected chi connectivity index (χ0v) is 12.8. The maximum Gasteiger partial charge on any atom is 0.329 e. The molecular formula is C16H17NO6. The quantitative estimate of drug-likeness (QED) is 0.497. The zero-order chi connectivity index (χ0) is 17.0. The fourth-order valence-corrected chi connectivity index (χ4v) is 2.08. The van der Waals surface area contributed by atoms with Crippen molar-refractivity contribution in [2.24, 2.45) is 10.9 Å². The lowest BCUT2D eigenvalue weighted by atomic mass is 10.1. The van der Waals surface area contributed by atoms with Crippen molar-refractivity contribution in [2.75, 3.05) is 0 Å². The van der Waals surface area contributed by atoms with E-state index in [0.29, 0.717) is 0 Å². The second kappa shape index (κ2) is 6.60. The lowest BCUT2D eigenvalue weighted by Crippen LogP contribution is -2.47. The van der Waals surface area contributed by atoms with Crippen molar-refractivity contribution >= 4 is 24.1 Å². The number of carboxylic acid groups (broad SMARTS) is 1. The fourth-order valence-electron chi connectivity index (χ4n) is 2.08. The number of hydrogen-bond donors (Lipinski definition) is 1. The van der Waals surface area contributed by atoms with E-state index < -0.39 is 35.7 Å². The van der Waals surface area contributed by atoms with Crippen molar-refractivity contribution in [3.05, 3.63) is 35.9 Å². The van der Waals surface area contributed by atoms with Gasteiger partial charge in [0.15, 0.2) is 12.0 Å². The van der Waals surface area contributed by atoms with E-state index in [4.69, 9.17) is 9.47 Å². The molecule has 1 heterocycles. The van der Waals surface area contributed by atoms with Gasteiger partial charge in [0.25, 0.3) is 5.79 Å². The smallest absolute Gasteiger partial charge is 0.329 e. The maximum atomic E-state index is 11.8. The molecule has 1 fully saturated rings. The number of esters is 2. The summed E-state index contributed by atoms with van der Waals surface area (Å²) in [4.78, 5) is 38.8. The lowest BCUT2D eigenvalue weighted by molar-refractivity contribution is -0.235. The zero-order valence-electron chi connectivity index (χ0n) is 12.8. The van der Waals surface area contributed by atoms with Crippen LogP contribution in [0.1, 0.15) is 19.4 Å². The molecule has 0 spiro atoms. The summed E-state index contributed by atoms with van der Waals surface area (Å²) >= 11 is 0. The molecule has 1 atom stereocenters. The number of rotatable bonds is 5. The van der Waals surface area contributed by atoms with E-state index in [0.717, 1.165) is 11.8 Å². The highest BCUT2D eigenvalue weighted by Gasteiger charge is 2.42. The van der Waals surface area contributed by atoms with Gasteiger partial charge in [0.1, 0.15) is 0 Å². The fraction of sp³-hybridized carbons (Fsp3) is 0.375. The summed E-state index contributed by atoms with van der Waals surface area (Å²) in [6.07, 6.45) is 1.14. The summed E-state index contributed by atoms with van der Waals surface area (Å²) < 4.78 is 9.89. The summed E-state index contributed by atoms with van der Waals surface area (Å²) in [5, 5.41) is 9.23. The third kappa shape index (κ3) is 4.38. The number of cyclic esters (lactones) is 2. The first kappa shape index (κ1) is 16.7. The molecule has 0 unspecified atom stereocenters. The third-order valence-electron chi connectivity index (χ3n) is 3.17. The first-order valence-electron chi connectivity index (χ1n) is 7.04. The predicted octanol–water partition coefficient (Wildman–Crippen LogP) is 1.21. The maximum absolute atomic E-state index is 11.8. The molecule has 2 rings (SSSR count). The molecule has 1 saturated heterocycles. The number of nitrogens with zero attached hydrogens (tertiary/aromatic N) is 1. The average molecular weight is 319 g/mol. The number of aliphatic carboxylic acids is 1. The van der Waals surface area contributed by atoms with Crippen molar-refractivity contribution in [2.45, 2.75) is 32.1 Å². The Kier molecular flexibility index (Phi) is 4.78. The molecule has 1 aliphatic heterocycles. The van der Waals surface area contributed by atoms with Crippen LogP contribution in [-0.4, -0.2) is 41.1 Å². The number of benzene rings is 1. The van der Waals surface area contributed by atoms with Gasteiger partial charge in [0.05, 0.1) is 0 Å². The molecule has 0 amide bonds. The molecule has 122 valence electrons. The molecular weight excluding hydrogens is 302 g/mol. The van der Waals surface area contributed by atoms with E-state index in [9.17, 15) is 19.5 Å². The number of aliphatic imine (C=N–C) groups is 1. The minimum atomic E-state index is -1.35. The van der Waals surface area contributed by atoms with Gasteiger partial charge < -0.3 is 14.6 Å². The van der Waals surface area contributed by atoms with E-state index >= 15 is 0 Å². The molecule has 0 saturated carbocycles. The molecule has 1 aromatic carbocycles. The predicted molar refractivity (Wildman–Crippen MR) is 79.8 cm³/mol. The summed E-state index contributed by atoms with van der Waals surface area (Å²) in [5.41, 5.74) is 0.784. The molecule has 23 heavy (non-hydrogen) atoms. The van der Waals surface area contributed by atoms with Crippen LogP contribution in [0, 0.1) is 5.92 Å². The van der Waals surface area contributed by atoms with Crippen LogP contribution in [0.5, 0.6) is 0 Å². The average Bonchev–Trinajstić information content (AvgIpc) is 2.44. The molecule has 0 aliphatic carbocycles. The van der Waals surface area contributed by atoms with Gasteiger partial charge in [-0.15, -0.1) is 0 Å². The first-order valence-corrected chi connectivity index (χ1v) is 7.04. The van der Waals surface area contributed by atoms with Gasteiger partial charge in [-0.2, -0.15) is 0 Å². The number of hydrogen-bond acceptors (Lipinski definition) is 6. The van der Waals surface area contributed by atoms with E-state index in [1.807, 2.05) is 6.07 Å². The van der Waals surface area contributed by atoms with Crippen LogP contribution in [0.2, 0.25) is 0 Å². The second-order valence-electron chi connectivity index (χ2n) is 5.56. The van der Waals surface area contributed by atoms with E-state index in [1.54, 1.807) is 24.3 Å². The molecule has 1 aliphatic rings. The normalized spacial score (nSPS) is 19.2. The summed E-state index contributed by atoms with van der Waals surface area (Å²) in [5.74, 6) is -5.43. The molecule has 0 aromatic heterocycles. The second-order valence-corrected chi connectivity index (χ2v) is 5.56. The Hall–Kier alpha value is -2.70. The highest BCUT2D eigenvalue weighted by Crippen LogP contribution is 2.22. The molecule has 7 heteroatoms. The van der Waals surface area contributed by atoms with Crippen LogP contribution in [-0.2, 0) is 30.3 Å². The van der Waals surface area contributed by atoms with Crippen LogP contribution >= 0.6 is 0 Å². The van der Waals surface area contributed by atoms with Crippen molar-refractivity contribution in [3.8, 4) is 0 Å². The number of carboxylic acids is 1. The standard InChI is InChI=1S/C16H17NO6/c1-16(2)22-14(20)11(15(21)23-16)9-17-12(13(18)19)8-10-6-4-3-5-7-10/h3-7,9,11-12H,8H2,1-2H3,(H,18,19)/t12-/m0/s1. The van der Waals surface area contributed by atoms with Crippen molar-refractivity contribution in [1.29, 1.82) is 0 Å².